The molecule has 0 unspecified atom stereocenters. The third kappa shape index (κ3) is 5.21. The van der Waals surface area contributed by atoms with Crippen LogP contribution in [0.1, 0.15) is 37.5 Å². The normalized spacial score (nSPS) is 16.5. The second kappa shape index (κ2) is 7.22. The smallest absolute Gasteiger partial charge is 0.410 e. The van der Waals surface area contributed by atoms with Crippen molar-refractivity contribution in [2.75, 3.05) is 26.2 Å². The van der Waals surface area contributed by atoms with Crippen LogP contribution in [0.2, 0.25) is 0 Å². The van der Waals surface area contributed by atoms with Gasteiger partial charge >= 0.3 is 6.09 Å². The first-order valence-corrected chi connectivity index (χ1v) is 8.91. The van der Waals surface area contributed by atoms with Crippen molar-refractivity contribution >= 4 is 22.0 Å². The lowest BCUT2D eigenvalue weighted by atomic mass is 10.0. The van der Waals surface area contributed by atoms with Gasteiger partial charge in [0.1, 0.15) is 5.60 Å². The summed E-state index contributed by atoms with van der Waals surface area (Å²) in [6.07, 6.45) is -0.201. The van der Waals surface area contributed by atoms with Gasteiger partial charge in [0.25, 0.3) is 0 Å². The van der Waals surface area contributed by atoms with Crippen LogP contribution in [0.5, 0.6) is 0 Å². The van der Waals surface area contributed by atoms with Crippen LogP contribution in [0, 0.1) is 13.8 Å². The molecule has 1 fully saturated rings. The zero-order valence-corrected chi connectivity index (χ0v) is 16.4. The molecule has 0 atom stereocenters. The third-order valence-corrected chi connectivity index (χ3v) is 4.52. The van der Waals surface area contributed by atoms with E-state index in [0.29, 0.717) is 0 Å². The molecule has 1 amide bonds. The predicted molar refractivity (Wildman–Crippen MR) is 96.7 cm³/mol. The number of halogens is 1. The molecule has 1 aromatic rings. The van der Waals surface area contributed by atoms with Crippen molar-refractivity contribution in [2.45, 2.75) is 46.8 Å². The van der Waals surface area contributed by atoms with E-state index in [0.717, 1.165) is 37.2 Å². The predicted octanol–water partition coefficient (Wildman–Crippen LogP) is 4.12. The number of carbonyl (C=O) groups excluding carboxylic acids is 1. The molecule has 0 aliphatic carbocycles. The monoisotopic (exact) mass is 382 g/mol. The van der Waals surface area contributed by atoms with Crippen LogP contribution >= 0.6 is 15.9 Å². The van der Waals surface area contributed by atoms with Crippen LogP contribution in [0.4, 0.5) is 4.79 Å². The molecule has 1 saturated heterocycles. The molecule has 1 aliphatic heterocycles. The highest BCUT2D eigenvalue weighted by atomic mass is 79.9. The van der Waals surface area contributed by atoms with Gasteiger partial charge in [-0.25, -0.2) is 4.79 Å². The fraction of sp³-hybridized carbons (Fsp3) is 0.611. The standard InChI is InChI=1S/C18H27BrN2O2/c1-13-10-15(19)11-14(2)16(13)12-20-6-8-21(9-7-20)17(22)23-18(3,4)5/h10-11H,6-9,12H2,1-5H3. The molecule has 1 aromatic carbocycles. The van der Waals surface area contributed by atoms with Crippen LogP contribution in [0.25, 0.3) is 0 Å². The number of aryl methyl sites for hydroxylation is 2. The first kappa shape index (κ1) is 18.3. The van der Waals surface area contributed by atoms with Crippen LogP contribution in [0.3, 0.4) is 0 Å². The molecule has 1 aliphatic rings. The molecular weight excluding hydrogens is 356 g/mol. The van der Waals surface area contributed by atoms with Gasteiger partial charge in [-0.15, -0.1) is 0 Å². The summed E-state index contributed by atoms with van der Waals surface area (Å²) in [5.74, 6) is 0. The number of piperazine rings is 1. The Balaban J connectivity index is 1.92. The van der Waals surface area contributed by atoms with Crippen molar-refractivity contribution < 1.29 is 9.53 Å². The molecule has 1 heterocycles. The molecule has 128 valence electrons. The maximum absolute atomic E-state index is 12.1. The molecular formula is C18H27BrN2O2. The Morgan fingerprint density at radius 2 is 1.65 bits per heavy atom. The quantitative estimate of drug-likeness (QED) is 0.770. The van der Waals surface area contributed by atoms with Crippen LogP contribution in [0.15, 0.2) is 16.6 Å². The largest absolute Gasteiger partial charge is 0.444 e. The molecule has 23 heavy (non-hydrogen) atoms. The number of hydrogen-bond donors (Lipinski definition) is 0. The summed E-state index contributed by atoms with van der Waals surface area (Å²) in [4.78, 5) is 16.3. The van der Waals surface area contributed by atoms with Crippen LogP contribution < -0.4 is 0 Å². The van der Waals surface area contributed by atoms with E-state index in [9.17, 15) is 4.79 Å². The average Bonchev–Trinajstić information content (AvgIpc) is 2.41. The molecule has 0 saturated carbocycles. The highest BCUT2D eigenvalue weighted by Gasteiger charge is 2.26. The summed E-state index contributed by atoms with van der Waals surface area (Å²) in [7, 11) is 0. The van der Waals surface area contributed by atoms with E-state index in [1.165, 1.54) is 16.7 Å². The fourth-order valence-corrected chi connectivity index (χ4v) is 3.52. The topological polar surface area (TPSA) is 32.8 Å². The Hall–Kier alpha value is -1.07. The van der Waals surface area contributed by atoms with Gasteiger partial charge in [-0.2, -0.15) is 0 Å². The van der Waals surface area contributed by atoms with E-state index in [1.54, 1.807) is 0 Å². The van der Waals surface area contributed by atoms with Crippen molar-refractivity contribution in [3.8, 4) is 0 Å². The summed E-state index contributed by atoms with van der Waals surface area (Å²) >= 11 is 3.55. The number of nitrogens with zero attached hydrogens (tertiary/aromatic N) is 2. The Morgan fingerprint density at radius 1 is 1.13 bits per heavy atom. The van der Waals surface area contributed by atoms with E-state index in [4.69, 9.17) is 4.74 Å². The third-order valence-electron chi connectivity index (χ3n) is 4.07. The second-order valence-corrected chi connectivity index (χ2v) is 8.18. The van der Waals surface area contributed by atoms with Gasteiger partial charge in [0.15, 0.2) is 0 Å². The van der Waals surface area contributed by atoms with Gasteiger partial charge in [-0.1, -0.05) is 15.9 Å². The number of amides is 1. The Morgan fingerprint density at radius 3 is 2.13 bits per heavy atom. The zero-order chi connectivity index (χ0) is 17.2. The van der Waals surface area contributed by atoms with E-state index in [-0.39, 0.29) is 6.09 Å². The highest BCUT2D eigenvalue weighted by Crippen LogP contribution is 2.22. The summed E-state index contributed by atoms with van der Waals surface area (Å²) in [5, 5.41) is 0. The second-order valence-electron chi connectivity index (χ2n) is 7.26. The number of carbonyl (C=O) groups is 1. The Labute approximate surface area is 147 Å². The van der Waals surface area contributed by atoms with Gasteiger partial charge in [-0.05, 0) is 63.4 Å². The first-order valence-electron chi connectivity index (χ1n) is 8.11. The lowest BCUT2D eigenvalue weighted by Crippen LogP contribution is -2.49. The first-order chi connectivity index (χ1) is 10.7. The molecule has 0 bridgehead atoms. The molecule has 0 N–H and O–H groups in total. The maximum Gasteiger partial charge on any atom is 0.410 e. The van der Waals surface area contributed by atoms with Crippen molar-refractivity contribution in [1.82, 2.24) is 9.80 Å². The van der Waals surface area contributed by atoms with Crippen LogP contribution in [-0.2, 0) is 11.3 Å². The van der Waals surface area contributed by atoms with Crippen molar-refractivity contribution in [1.29, 1.82) is 0 Å². The van der Waals surface area contributed by atoms with E-state index >= 15 is 0 Å². The minimum absolute atomic E-state index is 0.201. The number of benzene rings is 1. The van der Waals surface area contributed by atoms with Crippen molar-refractivity contribution in [3.63, 3.8) is 0 Å². The summed E-state index contributed by atoms with van der Waals surface area (Å²) in [5.41, 5.74) is 3.58. The number of ether oxygens (including phenoxy) is 1. The van der Waals surface area contributed by atoms with Gasteiger partial charge in [-0.3, -0.25) is 4.90 Å². The van der Waals surface area contributed by atoms with Gasteiger partial charge in [0.2, 0.25) is 0 Å². The Kier molecular flexibility index (Phi) is 5.74. The van der Waals surface area contributed by atoms with E-state index < -0.39 is 5.60 Å². The highest BCUT2D eigenvalue weighted by molar-refractivity contribution is 9.10. The lowest BCUT2D eigenvalue weighted by Gasteiger charge is -2.36. The van der Waals surface area contributed by atoms with Crippen molar-refractivity contribution in [2.24, 2.45) is 0 Å². The average molecular weight is 383 g/mol. The Bertz CT molecular complexity index is 550. The zero-order valence-electron chi connectivity index (χ0n) is 14.8. The van der Waals surface area contributed by atoms with Gasteiger partial charge < -0.3 is 9.64 Å². The molecule has 0 radical (unpaired) electrons. The summed E-state index contributed by atoms with van der Waals surface area (Å²) in [6.45, 7) is 14.2. The lowest BCUT2D eigenvalue weighted by molar-refractivity contribution is 0.0138. The van der Waals surface area contributed by atoms with Crippen molar-refractivity contribution in [3.05, 3.63) is 33.3 Å². The summed E-state index contributed by atoms with van der Waals surface area (Å²) < 4.78 is 6.58. The molecule has 2 rings (SSSR count). The van der Waals surface area contributed by atoms with Crippen LogP contribution in [-0.4, -0.2) is 47.7 Å². The minimum atomic E-state index is -0.431. The van der Waals surface area contributed by atoms with Gasteiger partial charge in [0.05, 0.1) is 0 Å². The van der Waals surface area contributed by atoms with E-state index in [2.05, 4.69) is 46.8 Å². The SMILES string of the molecule is Cc1cc(Br)cc(C)c1CN1CCN(C(=O)OC(C)(C)C)CC1. The minimum Gasteiger partial charge on any atom is -0.444 e. The molecule has 4 nitrogen and oxygen atoms in total. The van der Waals surface area contributed by atoms with Gasteiger partial charge in [0, 0.05) is 37.2 Å². The molecule has 5 heteroatoms. The molecule has 0 spiro atoms. The number of hydrogen-bond acceptors (Lipinski definition) is 3. The number of rotatable bonds is 2. The molecule has 0 aromatic heterocycles. The van der Waals surface area contributed by atoms with E-state index in [1.807, 2.05) is 25.7 Å². The summed E-state index contributed by atoms with van der Waals surface area (Å²) in [6, 6.07) is 4.33. The fourth-order valence-electron chi connectivity index (χ4n) is 2.83. The maximum atomic E-state index is 12.1.